The van der Waals surface area contributed by atoms with Crippen molar-refractivity contribution in [2.75, 3.05) is 26.2 Å². The molecule has 21 nitrogen and oxygen atoms in total. The van der Waals surface area contributed by atoms with E-state index in [1.54, 1.807) is 12.2 Å². The van der Waals surface area contributed by atoms with Gasteiger partial charge in [-0.05, 0) is 6.42 Å². The van der Waals surface area contributed by atoms with E-state index < -0.39 is 135 Å². The van der Waals surface area contributed by atoms with Crippen LogP contribution in [0.25, 0.3) is 0 Å². The number of ether oxygens (including phenoxy) is 6. The van der Waals surface area contributed by atoms with Crippen molar-refractivity contribution in [3.05, 3.63) is 12.2 Å². The number of hydrogen-bond donors (Lipinski definition) is 14. The fraction of sp³-hybridized carbons (Fsp3) is 0.889. The van der Waals surface area contributed by atoms with Gasteiger partial charge in [0.1, 0.15) is 61.0 Å². The molecule has 1 aliphatic carbocycles. The molecule has 1 saturated carbocycles. The predicted octanol–water partition coefficient (Wildman–Crippen LogP) is -9.22. The van der Waals surface area contributed by atoms with Gasteiger partial charge in [0.05, 0.1) is 30.8 Å². The Morgan fingerprint density at radius 2 is 1.44 bits per heavy atom. The fourth-order valence-electron chi connectivity index (χ4n) is 6.06. The first kappa shape index (κ1) is 39.2. The van der Waals surface area contributed by atoms with E-state index in [2.05, 4.69) is 5.32 Å². The highest BCUT2D eigenvalue weighted by molar-refractivity contribution is 5.81. The molecule has 21 heteroatoms. The molecule has 0 radical (unpaired) electrons. The number of aliphatic hydroxyl groups excluding tert-OH is 7. The molecule has 0 aromatic carbocycles. The molecule has 19 atom stereocenters. The van der Waals surface area contributed by atoms with E-state index in [-0.39, 0.29) is 19.5 Å². The predicted molar refractivity (Wildman–Crippen MR) is 161 cm³/mol. The number of nitrogens with two attached hydrogens (primary N) is 6. The van der Waals surface area contributed by atoms with Gasteiger partial charge in [-0.15, -0.1) is 0 Å². The Morgan fingerprint density at radius 3 is 2.06 bits per heavy atom. The highest BCUT2D eigenvalue weighted by atomic mass is 16.8. The standard InChI is InChI=1S/C27H51N7O14/c28-4-8-1-2-9(31)25(43-8)46-21-10(32)3-11(34-24(42)17(38)12(36)5-29)16(37)23(21)48-27-20(41)22(14(7-35)45-27)47-26-15(33)19(40)18(39)13(6-30)44-26/h1-2,8-23,25-27,35-41H,3-7,28-33H2,(H,34,42)/t8-,9+,10-,11+,12+,13-,14+,15+,16-,17?,18+,19+,20+,21+,22+,23+,25+,26+,27-/m0/s1. The number of hydrogen-bond acceptors (Lipinski definition) is 20. The normalized spacial score (nSPS) is 46.3. The smallest absolute Gasteiger partial charge is 0.251 e. The second-order valence-electron chi connectivity index (χ2n) is 12.3. The largest absolute Gasteiger partial charge is 0.394 e. The molecule has 3 fully saturated rings. The van der Waals surface area contributed by atoms with Crippen LogP contribution in [0.4, 0.5) is 0 Å². The highest BCUT2D eigenvalue weighted by Crippen LogP contribution is 2.34. The maximum Gasteiger partial charge on any atom is 0.251 e. The molecule has 1 unspecified atom stereocenters. The third-order valence-corrected chi connectivity index (χ3v) is 8.95. The molecular formula is C27H51N7O14. The topological polar surface area (TPSA) is 382 Å². The highest BCUT2D eigenvalue weighted by Gasteiger charge is 2.54. The number of rotatable bonds is 13. The summed E-state index contributed by atoms with van der Waals surface area (Å²) in [6.07, 6.45) is -17.6. The zero-order valence-electron chi connectivity index (χ0n) is 26.1. The average molecular weight is 698 g/mol. The Bertz CT molecular complexity index is 1070. The first-order valence-corrected chi connectivity index (χ1v) is 15.7. The summed E-state index contributed by atoms with van der Waals surface area (Å²) in [5, 5.41) is 75.8. The molecule has 1 amide bonds. The summed E-state index contributed by atoms with van der Waals surface area (Å²) in [7, 11) is 0. The first-order chi connectivity index (χ1) is 22.8. The van der Waals surface area contributed by atoms with E-state index >= 15 is 0 Å². The van der Waals surface area contributed by atoms with Crippen molar-refractivity contribution in [3.63, 3.8) is 0 Å². The summed E-state index contributed by atoms with van der Waals surface area (Å²) in [4.78, 5) is 12.7. The molecule has 3 aliphatic heterocycles. The van der Waals surface area contributed by atoms with Crippen LogP contribution in [-0.4, -0.2) is 184 Å². The Morgan fingerprint density at radius 1 is 0.792 bits per heavy atom. The second-order valence-corrected chi connectivity index (χ2v) is 12.3. The maximum absolute atomic E-state index is 12.7. The van der Waals surface area contributed by atoms with Gasteiger partial charge in [-0.1, -0.05) is 12.2 Å². The third kappa shape index (κ3) is 8.48. The van der Waals surface area contributed by atoms with Crippen LogP contribution in [0.3, 0.4) is 0 Å². The molecule has 278 valence electrons. The van der Waals surface area contributed by atoms with Crippen molar-refractivity contribution < 1.29 is 69.0 Å². The molecule has 20 N–H and O–H groups in total. The van der Waals surface area contributed by atoms with Crippen LogP contribution in [0.5, 0.6) is 0 Å². The van der Waals surface area contributed by atoms with Gasteiger partial charge < -0.3 is 104 Å². The van der Waals surface area contributed by atoms with Crippen LogP contribution in [0.1, 0.15) is 6.42 Å². The summed E-state index contributed by atoms with van der Waals surface area (Å²) in [6, 6.07) is -4.23. The number of carbonyl (C=O) groups is 1. The van der Waals surface area contributed by atoms with Crippen molar-refractivity contribution in [2.45, 2.75) is 123 Å². The molecule has 4 aliphatic rings. The Balaban J connectivity index is 1.56. The van der Waals surface area contributed by atoms with Crippen molar-refractivity contribution in [1.82, 2.24) is 5.32 Å². The summed E-state index contributed by atoms with van der Waals surface area (Å²) in [5.41, 5.74) is 35.4. The average Bonchev–Trinajstić information content (AvgIpc) is 3.37. The Hall–Kier alpha value is -1.55. The minimum Gasteiger partial charge on any atom is -0.394 e. The second kappa shape index (κ2) is 17.1. The molecule has 48 heavy (non-hydrogen) atoms. The summed E-state index contributed by atoms with van der Waals surface area (Å²) in [6.45, 7) is -1.20. The van der Waals surface area contributed by atoms with Gasteiger partial charge in [0.15, 0.2) is 25.0 Å². The lowest BCUT2D eigenvalue weighted by Gasteiger charge is -2.46. The van der Waals surface area contributed by atoms with Gasteiger partial charge in [-0.25, -0.2) is 0 Å². The molecule has 0 aromatic rings. The fourth-order valence-corrected chi connectivity index (χ4v) is 6.06. The van der Waals surface area contributed by atoms with Gasteiger partial charge in [0.2, 0.25) is 0 Å². The van der Waals surface area contributed by atoms with Crippen LogP contribution in [0.2, 0.25) is 0 Å². The van der Waals surface area contributed by atoms with E-state index in [9.17, 15) is 40.5 Å². The molecular weight excluding hydrogens is 646 g/mol. The minimum atomic E-state index is -1.92. The van der Waals surface area contributed by atoms with Crippen LogP contribution in [-0.2, 0) is 33.2 Å². The third-order valence-electron chi connectivity index (χ3n) is 8.95. The van der Waals surface area contributed by atoms with Gasteiger partial charge in [0, 0.05) is 25.7 Å². The number of nitrogens with one attached hydrogen (secondary N) is 1. The SMILES string of the molecule is NC[C@@H](O)C(O)C(=O)N[C@@H]1C[C@H](N)[C@@H](O[C@H]2O[C@H](CN)C=C[C@H]2N)[C@H](O[C@@H]2O[C@H](CO)[C@@H](O[C@H]3O[C@@H](CN)[C@@H](O)[C@H](O)[C@H]3N)[C@H]2O)[C@H]1O. The number of aliphatic hydroxyl groups is 7. The lowest BCUT2D eigenvalue weighted by Crippen LogP contribution is -2.67. The van der Waals surface area contributed by atoms with E-state index in [1.807, 2.05) is 0 Å². The van der Waals surface area contributed by atoms with Crippen LogP contribution in [0.15, 0.2) is 12.2 Å². The van der Waals surface area contributed by atoms with E-state index in [1.165, 1.54) is 0 Å². The minimum absolute atomic E-state index is 0.107. The lowest BCUT2D eigenvalue weighted by molar-refractivity contribution is -0.284. The zero-order chi connectivity index (χ0) is 35.4. The van der Waals surface area contributed by atoms with Crippen molar-refractivity contribution in [3.8, 4) is 0 Å². The van der Waals surface area contributed by atoms with Crippen LogP contribution < -0.4 is 39.7 Å². The molecule has 4 rings (SSSR count). The first-order valence-electron chi connectivity index (χ1n) is 15.7. The van der Waals surface area contributed by atoms with Gasteiger partial charge in [-0.3, -0.25) is 4.79 Å². The van der Waals surface area contributed by atoms with Gasteiger partial charge >= 0.3 is 0 Å². The molecule has 2 saturated heterocycles. The number of carbonyl (C=O) groups excluding carboxylic acids is 1. The molecule has 3 heterocycles. The van der Waals surface area contributed by atoms with E-state index in [0.717, 1.165) is 0 Å². The quantitative estimate of drug-likeness (QED) is 0.0794. The Labute approximate surface area is 276 Å². The zero-order valence-corrected chi connectivity index (χ0v) is 26.1. The van der Waals surface area contributed by atoms with E-state index in [0.29, 0.717) is 0 Å². The van der Waals surface area contributed by atoms with Crippen molar-refractivity contribution in [1.29, 1.82) is 0 Å². The summed E-state index contributed by atoms with van der Waals surface area (Å²) in [5.74, 6) is -1.05. The van der Waals surface area contributed by atoms with E-state index in [4.69, 9.17) is 62.8 Å². The maximum atomic E-state index is 12.7. The monoisotopic (exact) mass is 697 g/mol. The number of amides is 1. The summed E-state index contributed by atoms with van der Waals surface area (Å²) < 4.78 is 35.2. The molecule has 0 bridgehead atoms. The molecule has 0 spiro atoms. The van der Waals surface area contributed by atoms with Gasteiger partial charge in [-0.2, -0.15) is 0 Å². The summed E-state index contributed by atoms with van der Waals surface area (Å²) >= 11 is 0. The van der Waals surface area contributed by atoms with Crippen molar-refractivity contribution >= 4 is 5.91 Å². The van der Waals surface area contributed by atoms with Crippen LogP contribution in [0, 0.1) is 0 Å². The van der Waals surface area contributed by atoms with Gasteiger partial charge in [0.25, 0.3) is 5.91 Å². The molecule has 0 aromatic heterocycles. The van der Waals surface area contributed by atoms with Crippen molar-refractivity contribution in [2.24, 2.45) is 34.4 Å². The van der Waals surface area contributed by atoms with Crippen LogP contribution >= 0.6 is 0 Å². The Kier molecular flexibility index (Phi) is 14.0. The lowest BCUT2D eigenvalue weighted by atomic mass is 9.83.